The summed E-state index contributed by atoms with van der Waals surface area (Å²) in [7, 11) is 10.1. The highest BCUT2D eigenvalue weighted by Gasteiger charge is 2.51. The molecule has 5 rings (SSSR count). The predicted octanol–water partition coefficient (Wildman–Crippen LogP) is 4.92. The molecule has 93 heavy (non-hydrogen) atoms. The maximum atomic E-state index is 15.3. The molecule has 528 valence electrons. The minimum atomic E-state index is -4.74. The Bertz CT molecular complexity index is 2620. The highest BCUT2D eigenvalue weighted by atomic mass is 19.4. The van der Waals surface area contributed by atoms with Crippen LogP contribution in [0.3, 0.4) is 0 Å². The molecule has 5 aliphatic rings. The van der Waals surface area contributed by atoms with E-state index in [9.17, 15) is 56.3 Å². The summed E-state index contributed by atoms with van der Waals surface area (Å²) in [5.74, 6) is -10.3. The van der Waals surface area contributed by atoms with Gasteiger partial charge < -0.3 is 59.9 Å². The summed E-state index contributed by atoms with van der Waals surface area (Å²) in [6.45, 7) is 11.3. The van der Waals surface area contributed by atoms with Crippen LogP contribution < -0.4 is 16.0 Å². The maximum Gasteiger partial charge on any atom is 0.394 e. The van der Waals surface area contributed by atoms with Crippen molar-refractivity contribution in [1.82, 2.24) is 55.1 Å². The second kappa shape index (κ2) is 34.5. The van der Waals surface area contributed by atoms with Gasteiger partial charge in [-0.15, -0.1) is 0 Å². The Morgan fingerprint density at radius 1 is 0.591 bits per heavy atom. The first kappa shape index (κ1) is 77.6. The van der Waals surface area contributed by atoms with Gasteiger partial charge in [0.2, 0.25) is 65.0 Å². The van der Waals surface area contributed by atoms with E-state index < -0.39 is 175 Å². The molecule has 11 amide bonds. The van der Waals surface area contributed by atoms with Crippen LogP contribution in [0.2, 0.25) is 0 Å². The van der Waals surface area contributed by atoms with Crippen molar-refractivity contribution in [1.29, 1.82) is 0 Å². The minimum absolute atomic E-state index is 0.00382. The van der Waals surface area contributed by atoms with E-state index in [4.69, 9.17) is 4.74 Å². The zero-order valence-corrected chi connectivity index (χ0v) is 57.7. The van der Waals surface area contributed by atoms with Gasteiger partial charge in [0, 0.05) is 94.4 Å². The molecule has 1 spiro atoms. The van der Waals surface area contributed by atoms with Crippen molar-refractivity contribution in [2.75, 3.05) is 88.7 Å². The number of fused-ring (bicyclic) bond motifs is 1. The van der Waals surface area contributed by atoms with Crippen LogP contribution in [0.5, 0.6) is 0 Å². The molecule has 0 aromatic carbocycles. The molecule has 2 saturated carbocycles. The van der Waals surface area contributed by atoms with Crippen molar-refractivity contribution in [3.05, 3.63) is 0 Å². The van der Waals surface area contributed by atoms with E-state index >= 15 is 14.0 Å². The highest BCUT2D eigenvalue weighted by molar-refractivity contribution is 5.99. The minimum Gasteiger partial charge on any atom is -0.381 e. The van der Waals surface area contributed by atoms with Crippen LogP contribution in [0, 0.1) is 35.5 Å². The lowest BCUT2D eigenvalue weighted by molar-refractivity contribution is -0.201. The van der Waals surface area contributed by atoms with Gasteiger partial charge in [0.15, 0.2) is 0 Å². The molecule has 2 aliphatic carbocycles. The van der Waals surface area contributed by atoms with Crippen molar-refractivity contribution in [3.63, 3.8) is 0 Å². The number of amides is 11. The van der Waals surface area contributed by atoms with Crippen molar-refractivity contribution >= 4 is 65.0 Å². The number of hydrogen-bond acceptors (Lipinski definition) is 12. The van der Waals surface area contributed by atoms with E-state index in [0.717, 1.165) is 46.8 Å². The molecule has 0 aromatic rings. The van der Waals surface area contributed by atoms with E-state index in [2.05, 4.69) is 16.0 Å². The topological polar surface area (TPSA) is 259 Å². The van der Waals surface area contributed by atoms with Gasteiger partial charge >= 0.3 is 6.18 Å². The summed E-state index contributed by atoms with van der Waals surface area (Å²) < 4.78 is 62.3. The number of ether oxygens (including phenoxy) is 1. The monoisotopic (exact) mass is 1320 g/mol. The summed E-state index contributed by atoms with van der Waals surface area (Å²) >= 11 is 0. The van der Waals surface area contributed by atoms with Crippen LogP contribution in [0.1, 0.15) is 170 Å². The van der Waals surface area contributed by atoms with Gasteiger partial charge in [-0.25, -0.2) is 4.39 Å². The fourth-order valence-electron chi connectivity index (χ4n) is 13.9. The smallest absolute Gasteiger partial charge is 0.381 e. The first-order valence-electron chi connectivity index (χ1n) is 33.8. The van der Waals surface area contributed by atoms with Crippen molar-refractivity contribution in [2.45, 2.75) is 231 Å². The summed E-state index contributed by atoms with van der Waals surface area (Å²) in [6.07, 6.45) is -2.38. The number of nitrogens with zero attached hydrogens (tertiary/aromatic N) is 8. The van der Waals surface area contributed by atoms with E-state index in [0.29, 0.717) is 12.8 Å². The lowest BCUT2D eigenvalue weighted by Gasteiger charge is -2.43. The standard InChI is InChI=1S/C66H109F4N11O12/c1-15-42(6)57-63(91)76(10)38-55(84)74(8)39-56(85)79(13)52(36-44-20-17-16-18-21-44)61(89)75(9)37-53(82)71-48(26-24-45-23-25-46(47(67)35-45)66(68,69)70)60(88)81-29-19-22-49(81)59(87)73-65(27-30-93-31-28-65)64(92)80(14)51(33-41(4)5)62(90)77(11)43(7)34-54(83)78(12)50(32-40(2)3)58(86)72-57/h40-52,57H,15-39H2,1-14H3,(H,71,82)(H,72,86)(H,73,87)/t42-,43+,45?,46?,47?,48-,49-,50-,51-,52-,57-/m0/s1. The highest BCUT2D eigenvalue weighted by Crippen LogP contribution is 2.43. The average molecular weight is 1320 g/mol. The van der Waals surface area contributed by atoms with Gasteiger partial charge in [0.25, 0.3) is 0 Å². The molecule has 3 aliphatic heterocycles. The molecular formula is C66H109F4N11O12. The number of carbonyl (C=O) groups excluding carboxylic acids is 11. The second-order valence-corrected chi connectivity index (χ2v) is 28.4. The lowest BCUT2D eigenvalue weighted by Crippen LogP contribution is -2.66. The number of hydrogen-bond donors (Lipinski definition) is 3. The van der Waals surface area contributed by atoms with E-state index in [1.54, 1.807) is 13.8 Å². The molecule has 27 heteroatoms. The number of carbonyl (C=O) groups is 11. The molecule has 3 N–H and O–H groups in total. The molecular weight excluding hydrogens is 1210 g/mol. The molecule has 0 radical (unpaired) electrons. The Labute approximate surface area is 548 Å². The zero-order valence-electron chi connectivity index (χ0n) is 57.7. The molecule has 3 heterocycles. The number of nitrogens with one attached hydrogen (secondary N) is 3. The number of likely N-dealkylation sites (N-methyl/N-ethyl adjacent to an activating group) is 7. The lowest BCUT2D eigenvalue weighted by atomic mass is 9.78. The Balaban J connectivity index is 1.56. The van der Waals surface area contributed by atoms with Crippen LogP contribution in [0.25, 0.3) is 0 Å². The van der Waals surface area contributed by atoms with E-state index in [1.807, 2.05) is 34.6 Å². The average Bonchev–Trinajstić information content (AvgIpc) is 1.40. The number of rotatable bonds is 11. The van der Waals surface area contributed by atoms with Gasteiger partial charge in [0.1, 0.15) is 48.0 Å². The molecule has 5 fully saturated rings. The third kappa shape index (κ3) is 20.7. The van der Waals surface area contributed by atoms with Gasteiger partial charge in [0.05, 0.1) is 25.6 Å². The fraction of sp³-hybridized carbons (Fsp3) is 0.833. The van der Waals surface area contributed by atoms with Crippen molar-refractivity contribution in [3.8, 4) is 0 Å². The first-order valence-corrected chi connectivity index (χ1v) is 33.8. The molecule has 0 bridgehead atoms. The van der Waals surface area contributed by atoms with Crippen molar-refractivity contribution < 1.29 is 75.0 Å². The Morgan fingerprint density at radius 3 is 1.77 bits per heavy atom. The third-order valence-electron chi connectivity index (χ3n) is 20.4. The summed E-state index contributed by atoms with van der Waals surface area (Å²) in [5, 5.41) is 8.64. The quantitative estimate of drug-likeness (QED) is 0.233. The van der Waals surface area contributed by atoms with E-state index in [1.165, 1.54) is 73.8 Å². The summed E-state index contributed by atoms with van der Waals surface area (Å²) in [5.41, 5.74) is -1.64. The van der Waals surface area contributed by atoms with Crippen LogP contribution in [0.15, 0.2) is 0 Å². The Morgan fingerprint density at radius 2 is 1.18 bits per heavy atom. The number of alkyl halides is 4. The van der Waals surface area contributed by atoms with Gasteiger partial charge in [-0.2, -0.15) is 13.2 Å². The molecule has 11 atom stereocenters. The zero-order chi connectivity index (χ0) is 69.6. The van der Waals surface area contributed by atoms with Crippen LogP contribution in [-0.4, -0.2) is 253 Å². The van der Waals surface area contributed by atoms with Gasteiger partial charge in [-0.1, -0.05) is 80.1 Å². The fourth-order valence-corrected chi connectivity index (χ4v) is 13.9. The third-order valence-corrected chi connectivity index (χ3v) is 20.4. The normalized spacial score (nSPS) is 29.5. The molecule has 23 nitrogen and oxygen atoms in total. The van der Waals surface area contributed by atoms with Crippen molar-refractivity contribution in [2.24, 2.45) is 35.5 Å². The van der Waals surface area contributed by atoms with Crippen LogP contribution in [-0.2, 0) is 57.5 Å². The molecule has 0 aromatic heterocycles. The molecule has 3 unspecified atom stereocenters. The van der Waals surface area contributed by atoms with Crippen LogP contribution in [0.4, 0.5) is 17.6 Å². The number of halogens is 4. The predicted molar refractivity (Wildman–Crippen MR) is 340 cm³/mol. The summed E-state index contributed by atoms with van der Waals surface area (Å²) in [6, 6.07) is -7.82. The second-order valence-electron chi connectivity index (χ2n) is 28.4. The van der Waals surface area contributed by atoms with Crippen LogP contribution >= 0.6 is 0 Å². The SMILES string of the molecule is CC[C@H](C)[C@@H]1NC(=O)[C@H](CC(C)C)N(C)C(=O)C[C@@H](C)N(C)C(=O)[C@H](CC(C)C)N(C)C(=O)C2(CCOCC2)NC(=O)[C@@H]2CCCN2C(=O)[C@H](CCC2CCC(C(F)(F)F)C(F)C2)NC(=O)CN(C)C(=O)[C@H](CC2CCCCC2)N(C)C(=O)CN(C)C(=O)CN(C)C1=O. The first-order chi connectivity index (χ1) is 43.5. The van der Waals surface area contributed by atoms with E-state index in [-0.39, 0.29) is 102 Å². The Kier molecular flexibility index (Phi) is 28.8. The maximum absolute atomic E-state index is 15.3. The van der Waals surface area contributed by atoms with Gasteiger partial charge in [-0.3, -0.25) is 52.7 Å². The Hall–Kier alpha value is -6.15. The molecule has 3 saturated heterocycles. The summed E-state index contributed by atoms with van der Waals surface area (Å²) in [4.78, 5) is 171. The largest absolute Gasteiger partial charge is 0.394 e. The van der Waals surface area contributed by atoms with Gasteiger partial charge in [-0.05, 0) is 101 Å².